The molecule has 0 saturated heterocycles. The summed E-state index contributed by atoms with van der Waals surface area (Å²) in [6.07, 6.45) is -1.16. The van der Waals surface area contributed by atoms with Crippen molar-refractivity contribution in [2.75, 3.05) is 18.5 Å². The molecule has 4 nitrogen and oxygen atoms in total. The van der Waals surface area contributed by atoms with Crippen molar-refractivity contribution in [2.24, 2.45) is 0 Å². The molecule has 0 unspecified atom stereocenters. The molecule has 0 fully saturated rings. The van der Waals surface area contributed by atoms with Crippen molar-refractivity contribution in [3.8, 4) is 0 Å². The van der Waals surface area contributed by atoms with Gasteiger partial charge in [-0.2, -0.15) is 0 Å². The second-order valence-corrected chi connectivity index (χ2v) is 4.58. The SMILES string of the molecule is CCCc1nc(N(C)CC(F)F)sc1C(=O)O. The summed E-state index contributed by atoms with van der Waals surface area (Å²) in [7, 11) is 1.48. The van der Waals surface area contributed by atoms with Crippen LogP contribution >= 0.6 is 11.3 Å². The second kappa shape index (κ2) is 5.90. The largest absolute Gasteiger partial charge is 0.477 e. The van der Waals surface area contributed by atoms with Crippen LogP contribution in [0.25, 0.3) is 0 Å². The second-order valence-electron chi connectivity index (χ2n) is 3.60. The number of aromatic nitrogens is 1. The lowest BCUT2D eigenvalue weighted by molar-refractivity contribution is 0.0700. The molecule has 0 atom stereocenters. The Morgan fingerprint density at radius 3 is 2.71 bits per heavy atom. The number of carboxylic acid groups (broad SMARTS) is 1. The van der Waals surface area contributed by atoms with E-state index in [2.05, 4.69) is 4.98 Å². The molecule has 1 rings (SSSR count). The van der Waals surface area contributed by atoms with E-state index in [4.69, 9.17) is 5.11 Å². The Balaban J connectivity index is 2.94. The number of hydrogen-bond acceptors (Lipinski definition) is 4. The van der Waals surface area contributed by atoms with Crippen molar-refractivity contribution in [1.82, 2.24) is 4.98 Å². The summed E-state index contributed by atoms with van der Waals surface area (Å²) in [4.78, 5) is 16.5. The molecule has 7 heteroatoms. The van der Waals surface area contributed by atoms with E-state index in [1.165, 1.54) is 11.9 Å². The van der Waals surface area contributed by atoms with Crippen molar-refractivity contribution in [2.45, 2.75) is 26.2 Å². The smallest absolute Gasteiger partial charge is 0.347 e. The van der Waals surface area contributed by atoms with Crippen LogP contribution in [0.1, 0.15) is 28.7 Å². The number of aromatic carboxylic acids is 1. The van der Waals surface area contributed by atoms with Gasteiger partial charge >= 0.3 is 5.97 Å². The fourth-order valence-electron chi connectivity index (χ4n) is 1.36. The van der Waals surface area contributed by atoms with Crippen LogP contribution in [-0.2, 0) is 6.42 Å². The zero-order valence-electron chi connectivity index (χ0n) is 9.61. The van der Waals surface area contributed by atoms with Gasteiger partial charge in [0.05, 0.1) is 12.2 Å². The van der Waals surface area contributed by atoms with Gasteiger partial charge in [-0.3, -0.25) is 0 Å². The van der Waals surface area contributed by atoms with E-state index in [9.17, 15) is 13.6 Å². The summed E-state index contributed by atoms with van der Waals surface area (Å²) in [6.45, 7) is 1.46. The topological polar surface area (TPSA) is 53.4 Å². The van der Waals surface area contributed by atoms with Gasteiger partial charge in [0.1, 0.15) is 4.88 Å². The summed E-state index contributed by atoms with van der Waals surface area (Å²) in [5.74, 6) is -1.05. The summed E-state index contributed by atoms with van der Waals surface area (Å²) in [6, 6.07) is 0. The van der Waals surface area contributed by atoms with Crippen LogP contribution < -0.4 is 4.90 Å². The van der Waals surface area contributed by atoms with Crippen LogP contribution in [0, 0.1) is 0 Å². The lowest BCUT2D eigenvalue weighted by Gasteiger charge is -2.14. The molecule has 0 aliphatic heterocycles. The van der Waals surface area contributed by atoms with E-state index in [-0.39, 0.29) is 4.88 Å². The van der Waals surface area contributed by atoms with Crippen LogP contribution in [-0.4, -0.2) is 36.1 Å². The van der Waals surface area contributed by atoms with Crippen LogP contribution in [0.4, 0.5) is 13.9 Å². The molecule has 1 heterocycles. The first kappa shape index (κ1) is 13.8. The highest BCUT2D eigenvalue weighted by atomic mass is 32.1. The molecule has 1 aromatic heterocycles. The Labute approximate surface area is 102 Å². The number of halogens is 2. The van der Waals surface area contributed by atoms with Gasteiger partial charge in [-0.05, 0) is 6.42 Å². The monoisotopic (exact) mass is 264 g/mol. The number of nitrogens with zero attached hydrogens (tertiary/aromatic N) is 2. The third kappa shape index (κ3) is 3.62. The van der Waals surface area contributed by atoms with E-state index < -0.39 is 18.9 Å². The molecule has 0 aliphatic carbocycles. The van der Waals surface area contributed by atoms with Gasteiger partial charge < -0.3 is 10.0 Å². The summed E-state index contributed by atoms with van der Waals surface area (Å²) in [5.41, 5.74) is 0.473. The van der Waals surface area contributed by atoms with Crippen molar-refractivity contribution < 1.29 is 18.7 Å². The molecule has 0 aliphatic rings. The molecule has 1 N–H and O–H groups in total. The molecule has 1 aromatic rings. The molecule has 0 radical (unpaired) electrons. The van der Waals surface area contributed by atoms with Gasteiger partial charge in [-0.25, -0.2) is 18.6 Å². The summed E-state index contributed by atoms with van der Waals surface area (Å²) >= 11 is 0.940. The molecule has 0 amide bonds. The van der Waals surface area contributed by atoms with Gasteiger partial charge in [0, 0.05) is 7.05 Å². The number of carboxylic acids is 1. The fourth-order valence-corrected chi connectivity index (χ4v) is 2.28. The lowest BCUT2D eigenvalue weighted by atomic mass is 10.2. The minimum atomic E-state index is -2.47. The average molecular weight is 264 g/mol. The van der Waals surface area contributed by atoms with Crippen molar-refractivity contribution in [3.05, 3.63) is 10.6 Å². The first-order valence-electron chi connectivity index (χ1n) is 5.18. The molecular weight excluding hydrogens is 250 g/mol. The highest BCUT2D eigenvalue weighted by Gasteiger charge is 2.19. The quantitative estimate of drug-likeness (QED) is 0.857. The van der Waals surface area contributed by atoms with Crippen LogP contribution in [0.3, 0.4) is 0 Å². The molecule has 17 heavy (non-hydrogen) atoms. The summed E-state index contributed by atoms with van der Waals surface area (Å²) < 4.78 is 24.4. The van der Waals surface area contributed by atoms with Crippen molar-refractivity contribution in [3.63, 3.8) is 0 Å². The number of carbonyl (C=O) groups is 1. The van der Waals surface area contributed by atoms with Crippen LogP contribution in [0.5, 0.6) is 0 Å². The van der Waals surface area contributed by atoms with Gasteiger partial charge in [0.15, 0.2) is 5.13 Å². The molecule has 0 spiro atoms. The number of alkyl halides is 2. The molecule has 0 bridgehead atoms. The average Bonchev–Trinajstić information content (AvgIpc) is 2.61. The Morgan fingerprint density at radius 1 is 1.59 bits per heavy atom. The third-order valence-electron chi connectivity index (χ3n) is 2.11. The minimum absolute atomic E-state index is 0.142. The van der Waals surface area contributed by atoms with Crippen LogP contribution in [0.15, 0.2) is 0 Å². The van der Waals surface area contributed by atoms with Gasteiger partial charge in [-0.15, -0.1) is 0 Å². The van der Waals surface area contributed by atoms with Gasteiger partial charge in [-0.1, -0.05) is 24.7 Å². The minimum Gasteiger partial charge on any atom is -0.477 e. The standard InChI is InChI=1S/C10H14F2N2O2S/c1-3-4-6-8(9(15)16)17-10(13-6)14(2)5-7(11)12/h7H,3-5H2,1-2H3,(H,15,16). The van der Waals surface area contributed by atoms with E-state index in [1.807, 2.05) is 6.92 Å². The Hall–Kier alpha value is -1.24. The Kier molecular flexibility index (Phi) is 4.80. The molecular formula is C10H14F2N2O2S. The number of rotatable bonds is 6. The molecule has 96 valence electrons. The van der Waals surface area contributed by atoms with E-state index >= 15 is 0 Å². The predicted octanol–water partition coefficient (Wildman–Crippen LogP) is 2.50. The molecule has 0 aromatic carbocycles. The lowest BCUT2D eigenvalue weighted by Crippen LogP contribution is -2.23. The number of anilines is 1. The predicted molar refractivity (Wildman–Crippen MR) is 62.3 cm³/mol. The summed E-state index contributed by atoms with van der Waals surface area (Å²) in [5, 5.41) is 9.30. The Morgan fingerprint density at radius 2 is 2.24 bits per heavy atom. The number of thiazole rings is 1. The highest BCUT2D eigenvalue weighted by Crippen LogP contribution is 2.27. The highest BCUT2D eigenvalue weighted by molar-refractivity contribution is 7.17. The van der Waals surface area contributed by atoms with E-state index in [0.717, 1.165) is 17.8 Å². The fraction of sp³-hybridized carbons (Fsp3) is 0.600. The van der Waals surface area contributed by atoms with Crippen molar-refractivity contribution >= 4 is 22.4 Å². The maximum absolute atomic E-state index is 12.2. The number of aryl methyl sites for hydroxylation is 1. The maximum Gasteiger partial charge on any atom is 0.347 e. The third-order valence-corrected chi connectivity index (χ3v) is 3.31. The first-order valence-corrected chi connectivity index (χ1v) is 5.99. The normalized spacial score (nSPS) is 10.9. The van der Waals surface area contributed by atoms with Crippen LogP contribution in [0.2, 0.25) is 0 Å². The Bertz CT molecular complexity index is 396. The zero-order valence-corrected chi connectivity index (χ0v) is 10.4. The first-order chi connectivity index (χ1) is 7.95. The number of hydrogen-bond donors (Lipinski definition) is 1. The van der Waals surface area contributed by atoms with Crippen molar-refractivity contribution in [1.29, 1.82) is 0 Å². The van der Waals surface area contributed by atoms with Gasteiger partial charge in [0.25, 0.3) is 6.43 Å². The van der Waals surface area contributed by atoms with E-state index in [1.54, 1.807) is 0 Å². The van der Waals surface area contributed by atoms with E-state index in [0.29, 0.717) is 17.2 Å². The molecule has 0 saturated carbocycles. The zero-order chi connectivity index (χ0) is 13.0. The van der Waals surface area contributed by atoms with Gasteiger partial charge in [0.2, 0.25) is 0 Å². The maximum atomic E-state index is 12.2.